The second-order valence-electron chi connectivity index (χ2n) is 3.14. The number of aliphatic hydroxyl groups excluding tert-OH is 2. The summed E-state index contributed by atoms with van der Waals surface area (Å²) < 4.78 is 0. The van der Waals surface area contributed by atoms with Gasteiger partial charge in [0, 0.05) is 12.6 Å². The Balaban J connectivity index is 2.05. The van der Waals surface area contributed by atoms with Gasteiger partial charge in [-0.2, -0.15) is 0 Å². The molecule has 66 valence electrons. The van der Waals surface area contributed by atoms with Crippen LogP contribution in [0, 0.1) is 0 Å². The maximum atomic E-state index is 9.36. The van der Waals surface area contributed by atoms with E-state index in [2.05, 4.69) is 5.32 Å². The van der Waals surface area contributed by atoms with Crippen LogP contribution >= 0.6 is 0 Å². The molecule has 0 aromatic carbocycles. The molecule has 1 aliphatic carbocycles. The molecule has 0 radical (unpaired) electrons. The minimum Gasteiger partial charge on any atom is -0.396 e. The van der Waals surface area contributed by atoms with Gasteiger partial charge in [-0.1, -0.05) is 0 Å². The molecule has 3 N–H and O–H groups in total. The zero-order valence-corrected chi connectivity index (χ0v) is 6.79. The lowest BCUT2D eigenvalue weighted by Gasteiger charge is -2.15. The van der Waals surface area contributed by atoms with Crippen LogP contribution in [-0.2, 0) is 0 Å². The third kappa shape index (κ3) is 2.77. The molecule has 3 nitrogen and oxygen atoms in total. The van der Waals surface area contributed by atoms with E-state index < -0.39 is 0 Å². The Morgan fingerprint density at radius 1 is 1.36 bits per heavy atom. The molecule has 3 heteroatoms. The zero-order valence-electron chi connectivity index (χ0n) is 6.79. The highest BCUT2D eigenvalue weighted by Crippen LogP contribution is 2.18. The van der Waals surface area contributed by atoms with Crippen molar-refractivity contribution in [3.63, 3.8) is 0 Å². The number of nitrogens with one attached hydrogen (secondary N) is 1. The first kappa shape index (κ1) is 8.97. The average Bonchev–Trinajstić information content (AvgIpc) is 2.37. The Hall–Kier alpha value is -0.120. The molecule has 1 fully saturated rings. The summed E-state index contributed by atoms with van der Waals surface area (Å²) in [7, 11) is 0. The largest absolute Gasteiger partial charge is 0.396 e. The number of hydrogen-bond donors (Lipinski definition) is 3. The first-order valence-corrected chi connectivity index (χ1v) is 4.37. The van der Waals surface area contributed by atoms with Gasteiger partial charge < -0.3 is 15.5 Å². The Labute approximate surface area is 67.4 Å². The van der Waals surface area contributed by atoms with Gasteiger partial charge in [-0.25, -0.2) is 0 Å². The lowest BCUT2D eigenvalue weighted by molar-refractivity contribution is 0.148. The van der Waals surface area contributed by atoms with Crippen LogP contribution in [0.3, 0.4) is 0 Å². The predicted molar refractivity (Wildman–Crippen MR) is 43.4 cm³/mol. The highest BCUT2D eigenvalue weighted by Gasteiger charge is 2.23. The van der Waals surface area contributed by atoms with E-state index in [0.29, 0.717) is 0 Å². The van der Waals surface area contributed by atoms with Gasteiger partial charge in [0.15, 0.2) is 0 Å². The van der Waals surface area contributed by atoms with Gasteiger partial charge in [0.2, 0.25) is 0 Å². The third-order valence-electron chi connectivity index (χ3n) is 2.22. The molecule has 1 aliphatic rings. The van der Waals surface area contributed by atoms with Crippen molar-refractivity contribution in [2.45, 2.75) is 37.8 Å². The standard InChI is InChI=1S/C8H17NO2/c10-6-2-5-9-7-3-1-4-8(7)11/h7-11H,1-6H2. The second-order valence-corrected chi connectivity index (χ2v) is 3.14. The summed E-state index contributed by atoms with van der Waals surface area (Å²) >= 11 is 0. The molecule has 0 aromatic rings. The lowest BCUT2D eigenvalue weighted by atomic mass is 10.2. The predicted octanol–water partition coefficient (Wildman–Crippen LogP) is -0.128. The van der Waals surface area contributed by atoms with E-state index in [9.17, 15) is 5.11 Å². The normalized spacial score (nSPS) is 31.1. The molecule has 0 aromatic heterocycles. The molecular formula is C8H17NO2. The smallest absolute Gasteiger partial charge is 0.0693 e. The van der Waals surface area contributed by atoms with Crippen molar-refractivity contribution in [2.24, 2.45) is 0 Å². The van der Waals surface area contributed by atoms with Gasteiger partial charge in [-0.05, 0) is 32.2 Å². The molecule has 0 spiro atoms. The SMILES string of the molecule is OCCCNC1CCCC1O. The summed E-state index contributed by atoms with van der Waals surface area (Å²) in [5.74, 6) is 0. The van der Waals surface area contributed by atoms with Crippen LogP contribution in [0.4, 0.5) is 0 Å². The quantitative estimate of drug-likeness (QED) is 0.501. The Morgan fingerprint density at radius 2 is 2.18 bits per heavy atom. The van der Waals surface area contributed by atoms with Crippen LogP contribution in [0.1, 0.15) is 25.7 Å². The molecule has 2 atom stereocenters. The van der Waals surface area contributed by atoms with Gasteiger partial charge in [-0.3, -0.25) is 0 Å². The van der Waals surface area contributed by atoms with Crippen molar-refractivity contribution in [1.29, 1.82) is 0 Å². The van der Waals surface area contributed by atoms with Crippen LogP contribution in [0.5, 0.6) is 0 Å². The Bertz CT molecular complexity index is 108. The summed E-state index contributed by atoms with van der Waals surface area (Å²) in [6.07, 6.45) is 3.75. The Kier molecular flexibility index (Phi) is 3.83. The summed E-state index contributed by atoms with van der Waals surface area (Å²) in [5, 5.41) is 21.1. The minimum absolute atomic E-state index is 0.159. The third-order valence-corrected chi connectivity index (χ3v) is 2.22. The molecule has 1 rings (SSSR count). The van der Waals surface area contributed by atoms with Crippen LogP contribution in [0.25, 0.3) is 0 Å². The van der Waals surface area contributed by atoms with Crippen molar-refractivity contribution >= 4 is 0 Å². The number of rotatable bonds is 4. The van der Waals surface area contributed by atoms with Gasteiger partial charge in [0.05, 0.1) is 6.10 Å². The first-order valence-electron chi connectivity index (χ1n) is 4.37. The molecule has 0 saturated heterocycles. The van der Waals surface area contributed by atoms with Crippen molar-refractivity contribution < 1.29 is 10.2 Å². The monoisotopic (exact) mass is 159 g/mol. The van der Waals surface area contributed by atoms with E-state index in [-0.39, 0.29) is 18.8 Å². The van der Waals surface area contributed by atoms with Crippen LogP contribution in [-0.4, -0.2) is 35.5 Å². The average molecular weight is 159 g/mol. The van der Waals surface area contributed by atoms with Gasteiger partial charge in [-0.15, -0.1) is 0 Å². The van der Waals surface area contributed by atoms with Crippen LogP contribution in [0.15, 0.2) is 0 Å². The molecule has 11 heavy (non-hydrogen) atoms. The van der Waals surface area contributed by atoms with E-state index in [0.717, 1.165) is 32.2 Å². The lowest BCUT2D eigenvalue weighted by Crippen LogP contribution is -2.36. The van der Waals surface area contributed by atoms with Crippen molar-refractivity contribution in [2.75, 3.05) is 13.2 Å². The zero-order chi connectivity index (χ0) is 8.10. The van der Waals surface area contributed by atoms with E-state index in [1.807, 2.05) is 0 Å². The molecule has 0 aliphatic heterocycles. The topological polar surface area (TPSA) is 52.5 Å². The van der Waals surface area contributed by atoms with Crippen LogP contribution in [0.2, 0.25) is 0 Å². The summed E-state index contributed by atoms with van der Waals surface area (Å²) in [5.41, 5.74) is 0. The van der Waals surface area contributed by atoms with Crippen molar-refractivity contribution in [1.82, 2.24) is 5.32 Å². The first-order chi connectivity index (χ1) is 5.34. The van der Waals surface area contributed by atoms with E-state index >= 15 is 0 Å². The highest BCUT2D eigenvalue weighted by molar-refractivity contribution is 4.82. The summed E-state index contributed by atoms with van der Waals surface area (Å²) in [6.45, 7) is 1.05. The molecular weight excluding hydrogens is 142 g/mol. The molecule has 1 saturated carbocycles. The number of aliphatic hydroxyl groups is 2. The fourth-order valence-electron chi connectivity index (χ4n) is 1.55. The van der Waals surface area contributed by atoms with E-state index in [1.165, 1.54) is 0 Å². The minimum atomic E-state index is -0.159. The highest BCUT2D eigenvalue weighted by atomic mass is 16.3. The number of hydrogen-bond acceptors (Lipinski definition) is 3. The van der Waals surface area contributed by atoms with Gasteiger partial charge >= 0.3 is 0 Å². The van der Waals surface area contributed by atoms with E-state index in [1.54, 1.807) is 0 Å². The molecule has 2 unspecified atom stereocenters. The van der Waals surface area contributed by atoms with Crippen molar-refractivity contribution in [3.05, 3.63) is 0 Å². The molecule has 0 heterocycles. The molecule has 0 amide bonds. The fourth-order valence-corrected chi connectivity index (χ4v) is 1.55. The maximum absolute atomic E-state index is 9.36. The van der Waals surface area contributed by atoms with Crippen molar-refractivity contribution in [3.8, 4) is 0 Å². The fraction of sp³-hybridized carbons (Fsp3) is 1.00. The Morgan fingerprint density at radius 3 is 2.73 bits per heavy atom. The van der Waals surface area contributed by atoms with E-state index in [4.69, 9.17) is 5.11 Å². The summed E-state index contributed by atoms with van der Waals surface area (Å²) in [6, 6.07) is 0.279. The summed E-state index contributed by atoms with van der Waals surface area (Å²) in [4.78, 5) is 0. The van der Waals surface area contributed by atoms with Crippen LogP contribution < -0.4 is 5.32 Å². The second kappa shape index (κ2) is 4.70. The maximum Gasteiger partial charge on any atom is 0.0693 e. The molecule has 0 bridgehead atoms. The van der Waals surface area contributed by atoms with Gasteiger partial charge in [0.1, 0.15) is 0 Å². The van der Waals surface area contributed by atoms with Gasteiger partial charge in [0.25, 0.3) is 0 Å².